The van der Waals surface area contributed by atoms with Gasteiger partial charge in [0.25, 0.3) is 0 Å². The van der Waals surface area contributed by atoms with Crippen LogP contribution in [-0.4, -0.2) is 26.7 Å². The molecule has 2 unspecified atom stereocenters. The van der Waals surface area contributed by atoms with E-state index in [1.165, 1.54) is 0 Å². The van der Waals surface area contributed by atoms with Crippen LogP contribution in [0.1, 0.15) is 31.5 Å². The molecule has 0 aliphatic heterocycles. The normalized spacial score (nSPS) is 13.9. The molecule has 2 rings (SSSR count). The largest absolute Gasteiger partial charge is 0.467 e. The lowest BCUT2D eigenvalue weighted by Gasteiger charge is -2.18. The maximum Gasteiger partial charge on any atom is 0.237 e. The summed E-state index contributed by atoms with van der Waals surface area (Å²) in [5.74, 6) is 1.43. The molecule has 2 aromatic heterocycles. The van der Waals surface area contributed by atoms with E-state index < -0.39 is 0 Å². The van der Waals surface area contributed by atoms with Crippen LogP contribution < -0.4 is 10.6 Å². The first-order valence-corrected chi connectivity index (χ1v) is 6.48. The Morgan fingerprint density at radius 2 is 2.30 bits per heavy atom. The summed E-state index contributed by atoms with van der Waals surface area (Å²) in [6, 6.07) is 3.21. The van der Waals surface area contributed by atoms with Gasteiger partial charge in [-0.25, -0.2) is 0 Å². The lowest BCUT2D eigenvalue weighted by molar-refractivity contribution is -0.123. The molecule has 0 saturated heterocycles. The fourth-order valence-corrected chi connectivity index (χ4v) is 1.95. The van der Waals surface area contributed by atoms with E-state index in [1.807, 2.05) is 31.5 Å². The van der Waals surface area contributed by atoms with Crippen molar-refractivity contribution >= 4 is 5.91 Å². The van der Waals surface area contributed by atoms with Crippen molar-refractivity contribution in [2.45, 2.75) is 32.5 Å². The molecular formula is C13H19N5O2. The van der Waals surface area contributed by atoms with Crippen LogP contribution in [0.2, 0.25) is 0 Å². The Balaban J connectivity index is 1.83. The van der Waals surface area contributed by atoms with Crippen molar-refractivity contribution in [3.8, 4) is 0 Å². The lowest BCUT2D eigenvalue weighted by atomic mass is 10.2. The van der Waals surface area contributed by atoms with Crippen LogP contribution in [-0.2, 0) is 18.4 Å². The monoisotopic (exact) mass is 277 g/mol. The topological polar surface area (TPSA) is 85.0 Å². The van der Waals surface area contributed by atoms with E-state index >= 15 is 0 Å². The molecule has 0 aliphatic rings. The third-order valence-corrected chi connectivity index (χ3v) is 3.04. The minimum absolute atomic E-state index is 0.0631. The van der Waals surface area contributed by atoms with Gasteiger partial charge in [-0.2, -0.15) is 0 Å². The second kappa shape index (κ2) is 6.33. The fourth-order valence-electron chi connectivity index (χ4n) is 1.95. The maximum absolute atomic E-state index is 12.0. The van der Waals surface area contributed by atoms with Gasteiger partial charge in [0.05, 0.1) is 24.9 Å². The summed E-state index contributed by atoms with van der Waals surface area (Å²) in [4.78, 5) is 12.0. The van der Waals surface area contributed by atoms with Crippen LogP contribution in [0.3, 0.4) is 0 Å². The van der Waals surface area contributed by atoms with Crippen molar-refractivity contribution in [1.29, 1.82) is 0 Å². The molecule has 20 heavy (non-hydrogen) atoms. The SMILES string of the molecule is CC(NC(C)c1nncn1C)C(=O)NCc1ccco1. The van der Waals surface area contributed by atoms with E-state index in [-0.39, 0.29) is 18.0 Å². The molecule has 1 amide bonds. The first kappa shape index (κ1) is 14.3. The zero-order valence-corrected chi connectivity index (χ0v) is 11.8. The second-order valence-corrected chi connectivity index (χ2v) is 4.71. The number of aryl methyl sites for hydroxylation is 1. The van der Waals surface area contributed by atoms with Crippen molar-refractivity contribution in [1.82, 2.24) is 25.4 Å². The molecule has 108 valence electrons. The van der Waals surface area contributed by atoms with Crippen molar-refractivity contribution in [2.24, 2.45) is 7.05 Å². The number of hydrogen-bond acceptors (Lipinski definition) is 5. The third-order valence-electron chi connectivity index (χ3n) is 3.04. The van der Waals surface area contributed by atoms with E-state index in [0.717, 1.165) is 11.6 Å². The molecule has 0 saturated carbocycles. The van der Waals surface area contributed by atoms with Gasteiger partial charge in [0.15, 0.2) is 0 Å². The van der Waals surface area contributed by atoms with E-state index in [1.54, 1.807) is 18.7 Å². The van der Waals surface area contributed by atoms with Gasteiger partial charge >= 0.3 is 0 Å². The van der Waals surface area contributed by atoms with Crippen molar-refractivity contribution < 1.29 is 9.21 Å². The van der Waals surface area contributed by atoms with Gasteiger partial charge in [0.1, 0.15) is 17.9 Å². The Bertz CT molecular complexity index is 549. The van der Waals surface area contributed by atoms with Crippen LogP contribution in [0, 0.1) is 0 Å². The van der Waals surface area contributed by atoms with Gasteiger partial charge < -0.3 is 14.3 Å². The van der Waals surface area contributed by atoms with Crippen molar-refractivity contribution in [3.05, 3.63) is 36.3 Å². The molecule has 2 N–H and O–H groups in total. The summed E-state index contributed by atoms with van der Waals surface area (Å²) in [5.41, 5.74) is 0. The van der Waals surface area contributed by atoms with E-state index in [2.05, 4.69) is 20.8 Å². The quantitative estimate of drug-likeness (QED) is 0.814. The number of nitrogens with one attached hydrogen (secondary N) is 2. The summed E-state index contributed by atoms with van der Waals surface area (Å²) in [6.07, 6.45) is 3.22. The third kappa shape index (κ3) is 3.45. The summed E-state index contributed by atoms with van der Waals surface area (Å²) >= 11 is 0. The second-order valence-electron chi connectivity index (χ2n) is 4.71. The Morgan fingerprint density at radius 3 is 2.90 bits per heavy atom. The highest BCUT2D eigenvalue weighted by molar-refractivity contribution is 5.81. The number of rotatable bonds is 6. The Hall–Kier alpha value is -2.15. The molecule has 0 bridgehead atoms. The fraction of sp³-hybridized carbons (Fsp3) is 0.462. The number of amides is 1. The molecule has 7 heteroatoms. The standard InChI is InChI=1S/C13H19N5O2/c1-9(12-17-15-8-18(12)3)16-10(2)13(19)14-7-11-5-4-6-20-11/h4-6,8-10,16H,7H2,1-3H3,(H,14,19). The van der Waals surface area contributed by atoms with Gasteiger partial charge in [-0.15, -0.1) is 10.2 Å². The van der Waals surface area contributed by atoms with E-state index in [0.29, 0.717) is 6.54 Å². The number of furan rings is 1. The van der Waals surface area contributed by atoms with Crippen molar-refractivity contribution in [2.75, 3.05) is 0 Å². The molecule has 2 aromatic rings. The predicted molar refractivity (Wildman–Crippen MR) is 72.6 cm³/mol. The minimum Gasteiger partial charge on any atom is -0.467 e. The van der Waals surface area contributed by atoms with Gasteiger partial charge in [0.2, 0.25) is 5.91 Å². The number of hydrogen-bond donors (Lipinski definition) is 2. The molecule has 2 heterocycles. The smallest absolute Gasteiger partial charge is 0.237 e. The lowest BCUT2D eigenvalue weighted by Crippen LogP contribution is -2.43. The van der Waals surface area contributed by atoms with Crippen LogP contribution in [0.15, 0.2) is 29.1 Å². The number of aromatic nitrogens is 3. The molecule has 7 nitrogen and oxygen atoms in total. The maximum atomic E-state index is 12.0. The molecule has 0 spiro atoms. The number of nitrogens with zero attached hydrogens (tertiary/aromatic N) is 3. The average molecular weight is 277 g/mol. The number of carbonyl (C=O) groups is 1. The molecule has 0 aliphatic carbocycles. The summed E-state index contributed by atoms with van der Waals surface area (Å²) in [6.45, 7) is 4.14. The van der Waals surface area contributed by atoms with Crippen LogP contribution in [0.25, 0.3) is 0 Å². The Morgan fingerprint density at radius 1 is 1.50 bits per heavy atom. The van der Waals surface area contributed by atoms with Gasteiger partial charge in [0, 0.05) is 7.05 Å². The molecular weight excluding hydrogens is 258 g/mol. The molecule has 0 radical (unpaired) electrons. The van der Waals surface area contributed by atoms with Crippen LogP contribution >= 0.6 is 0 Å². The average Bonchev–Trinajstić information content (AvgIpc) is 3.06. The molecule has 0 aromatic carbocycles. The van der Waals surface area contributed by atoms with Crippen LogP contribution in [0.4, 0.5) is 0 Å². The minimum atomic E-state index is -0.336. The summed E-state index contributed by atoms with van der Waals surface area (Å²) < 4.78 is 6.99. The zero-order chi connectivity index (χ0) is 14.5. The first-order chi connectivity index (χ1) is 9.58. The van der Waals surface area contributed by atoms with E-state index in [4.69, 9.17) is 4.42 Å². The van der Waals surface area contributed by atoms with Crippen molar-refractivity contribution in [3.63, 3.8) is 0 Å². The first-order valence-electron chi connectivity index (χ1n) is 6.48. The highest BCUT2D eigenvalue weighted by Gasteiger charge is 2.18. The highest BCUT2D eigenvalue weighted by Crippen LogP contribution is 2.08. The van der Waals surface area contributed by atoms with Gasteiger partial charge in [-0.1, -0.05) is 0 Å². The molecule has 0 fully saturated rings. The zero-order valence-electron chi connectivity index (χ0n) is 11.8. The Labute approximate surface area is 117 Å². The molecule has 2 atom stereocenters. The predicted octanol–water partition coefficient (Wildman–Crippen LogP) is 0.764. The van der Waals surface area contributed by atoms with Gasteiger partial charge in [-0.05, 0) is 26.0 Å². The van der Waals surface area contributed by atoms with Gasteiger partial charge in [-0.3, -0.25) is 10.1 Å². The van der Waals surface area contributed by atoms with Crippen LogP contribution in [0.5, 0.6) is 0 Å². The highest BCUT2D eigenvalue weighted by atomic mass is 16.3. The Kier molecular flexibility index (Phi) is 4.52. The van der Waals surface area contributed by atoms with E-state index in [9.17, 15) is 4.79 Å². The number of carbonyl (C=O) groups excluding carboxylic acids is 1. The summed E-state index contributed by atoms with van der Waals surface area (Å²) in [5, 5.41) is 13.8. The summed E-state index contributed by atoms with van der Waals surface area (Å²) in [7, 11) is 1.87.